The van der Waals surface area contributed by atoms with Crippen LogP contribution >= 0.6 is 11.3 Å². The summed E-state index contributed by atoms with van der Waals surface area (Å²) in [6.45, 7) is 1.22. The van der Waals surface area contributed by atoms with E-state index in [1.54, 1.807) is 24.4 Å². The molecule has 0 atom stereocenters. The fraction of sp³-hybridized carbons (Fsp3) is 0.158. The van der Waals surface area contributed by atoms with E-state index in [1.165, 1.54) is 6.26 Å². The van der Waals surface area contributed by atoms with E-state index in [2.05, 4.69) is 5.32 Å². The van der Waals surface area contributed by atoms with E-state index in [9.17, 15) is 24.1 Å². The first-order chi connectivity index (χ1) is 14.4. The molecular formula is C19H15FN2O7S. The van der Waals surface area contributed by atoms with Gasteiger partial charge in [0, 0.05) is 17.0 Å². The van der Waals surface area contributed by atoms with Crippen molar-refractivity contribution in [1.82, 2.24) is 0 Å². The number of thiophene rings is 1. The zero-order chi connectivity index (χ0) is 21.7. The van der Waals surface area contributed by atoms with Crippen LogP contribution < -0.4 is 10.1 Å². The SMILES string of the molecule is CCOC(=O)c1c(-c2ccco2)csc1NC(=O)COc1ccc([N+](=O)[O-])cc1F. The first-order valence-corrected chi connectivity index (χ1v) is 9.47. The van der Waals surface area contributed by atoms with Gasteiger partial charge in [-0.2, -0.15) is 0 Å². The van der Waals surface area contributed by atoms with Gasteiger partial charge in [-0.1, -0.05) is 0 Å². The van der Waals surface area contributed by atoms with Crippen LogP contribution in [0.4, 0.5) is 15.1 Å². The van der Waals surface area contributed by atoms with Crippen molar-refractivity contribution in [2.24, 2.45) is 0 Å². The fourth-order valence-corrected chi connectivity index (χ4v) is 3.45. The number of esters is 1. The molecule has 0 bridgehead atoms. The number of benzene rings is 1. The number of anilines is 1. The van der Waals surface area contributed by atoms with Crippen LogP contribution in [0.2, 0.25) is 0 Å². The lowest BCUT2D eigenvalue weighted by Gasteiger charge is -2.09. The van der Waals surface area contributed by atoms with Crippen LogP contribution in [-0.2, 0) is 9.53 Å². The van der Waals surface area contributed by atoms with Crippen molar-refractivity contribution in [1.29, 1.82) is 0 Å². The number of carbonyl (C=O) groups excluding carboxylic acids is 2. The number of rotatable bonds is 8. The molecule has 1 aromatic carbocycles. The molecule has 0 radical (unpaired) electrons. The van der Waals surface area contributed by atoms with E-state index < -0.39 is 34.9 Å². The number of nitrogens with zero attached hydrogens (tertiary/aromatic N) is 1. The summed E-state index contributed by atoms with van der Waals surface area (Å²) in [5, 5.41) is 15.0. The Morgan fingerprint density at radius 2 is 2.13 bits per heavy atom. The van der Waals surface area contributed by atoms with Crippen molar-refractivity contribution >= 4 is 33.9 Å². The smallest absolute Gasteiger partial charge is 0.341 e. The first-order valence-electron chi connectivity index (χ1n) is 8.59. The van der Waals surface area contributed by atoms with Crippen LogP contribution in [0.5, 0.6) is 5.75 Å². The molecule has 2 aromatic heterocycles. The molecule has 0 unspecified atom stereocenters. The number of halogens is 1. The summed E-state index contributed by atoms with van der Waals surface area (Å²) in [5.74, 6) is -2.16. The highest BCUT2D eigenvalue weighted by molar-refractivity contribution is 7.15. The van der Waals surface area contributed by atoms with E-state index in [0.29, 0.717) is 17.4 Å². The summed E-state index contributed by atoms with van der Waals surface area (Å²) in [5.41, 5.74) is 0.153. The molecule has 0 aliphatic carbocycles. The number of hydrogen-bond acceptors (Lipinski definition) is 8. The topological polar surface area (TPSA) is 121 Å². The van der Waals surface area contributed by atoms with Crippen LogP contribution in [0, 0.1) is 15.9 Å². The van der Waals surface area contributed by atoms with Gasteiger partial charge in [0.1, 0.15) is 16.3 Å². The van der Waals surface area contributed by atoms with Crippen LogP contribution in [0.1, 0.15) is 17.3 Å². The van der Waals surface area contributed by atoms with Gasteiger partial charge in [0.2, 0.25) is 0 Å². The Morgan fingerprint density at radius 3 is 2.77 bits per heavy atom. The molecule has 1 amide bonds. The summed E-state index contributed by atoms with van der Waals surface area (Å²) >= 11 is 1.09. The second-order valence-corrected chi connectivity index (χ2v) is 6.64. The lowest BCUT2D eigenvalue weighted by Crippen LogP contribution is -2.21. The maximum atomic E-state index is 13.9. The van der Waals surface area contributed by atoms with Gasteiger partial charge in [0.05, 0.1) is 23.9 Å². The lowest BCUT2D eigenvalue weighted by atomic mass is 10.1. The molecule has 0 spiro atoms. The first kappa shape index (κ1) is 21.0. The summed E-state index contributed by atoms with van der Waals surface area (Å²) < 4.78 is 29.4. The monoisotopic (exact) mass is 434 g/mol. The van der Waals surface area contributed by atoms with E-state index in [1.807, 2.05) is 0 Å². The molecule has 11 heteroatoms. The standard InChI is InChI=1S/C19H15FN2O7S/c1-2-27-19(24)17-12(14-4-3-7-28-14)10-30-18(17)21-16(23)9-29-15-6-5-11(22(25)26)8-13(15)20/h3-8,10H,2,9H2,1H3,(H,21,23). The van der Waals surface area contributed by atoms with Crippen molar-refractivity contribution in [2.45, 2.75) is 6.92 Å². The quantitative estimate of drug-likeness (QED) is 0.320. The molecule has 0 fully saturated rings. The van der Waals surface area contributed by atoms with Crippen molar-refractivity contribution in [3.63, 3.8) is 0 Å². The minimum Gasteiger partial charge on any atom is -0.481 e. The van der Waals surface area contributed by atoms with Gasteiger partial charge in [-0.3, -0.25) is 14.9 Å². The van der Waals surface area contributed by atoms with Gasteiger partial charge in [0.15, 0.2) is 18.2 Å². The highest BCUT2D eigenvalue weighted by Crippen LogP contribution is 2.36. The molecule has 0 saturated carbocycles. The van der Waals surface area contributed by atoms with Crippen LogP contribution in [0.3, 0.4) is 0 Å². The fourth-order valence-electron chi connectivity index (χ4n) is 2.50. The van der Waals surface area contributed by atoms with E-state index in [-0.39, 0.29) is 22.9 Å². The number of nitro groups is 1. The molecule has 3 aromatic rings. The van der Waals surface area contributed by atoms with Gasteiger partial charge in [0.25, 0.3) is 11.6 Å². The largest absolute Gasteiger partial charge is 0.481 e. The number of non-ortho nitro benzene ring substituents is 1. The summed E-state index contributed by atoms with van der Waals surface area (Å²) in [6, 6.07) is 6.14. The molecule has 0 saturated heterocycles. The van der Waals surface area contributed by atoms with Gasteiger partial charge in [-0.25, -0.2) is 9.18 Å². The van der Waals surface area contributed by atoms with Crippen molar-refractivity contribution < 1.29 is 32.8 Å². The number of nitro benzene ring substituents is 1. The average Bonchev–Trinajstić information content (AvgIpc) is 3.36. The van der Waals surface area contributed by atoms with Gasteiger partial charge >= 0.3 is 5.97 Å². The van der Waals surface area contributed by atoms with Crippen LogP contribution in [0.15, 0.2) is 46.4 Å². The lowest BCUT2D eigenvalue weighted by molar-refractivity contribution is -0.385. The summed E-state index contributed by atoms with van der Waals surface area (Å²) in [4.78, 5) is 34.6. The molecule has 1 N–H and O–H groups in total. The Bertz CT molecular complexity index is 1080. The molecule has 0 aliphatic rings. The highest BCUT2D eigenvalue weighted by atomic mass is 32.1. The maximum Gasteiger partial charge on any atom is 0.341 e. The van der Waals surface area contributed by atoms with E-state index in [4.69, 9.17) is 13.9 Å². The normalized spacial score (nSPS) is 10.5. The average molecular weight is 434 g/mol. The Labute approximate surface area is 173 Å². The predicted molar refractivity (Wildman–Crippen MR) is 105 cm³/mol. The molecule has 9 nitrogen and oxygen atoms in total. The predicted octanol–water partition coefficient (Wildman–Crippen LogP) is 4.25. The number of furan rings is 1. The van der Waals surface area contributed by atoms with Gasteiger partial charge in [-0.05, 0) is 25.1 Å². The second kappa shape index (κ2) is 9.18. The molecule has 3 rings (SSSR count). The zero-order valence-corrected chi connectivity index (χ0v) is 16.4. The molecule has 2 heterocycles. The molecular weight excluding hydrogens is 419 g/mol. The number of nitrogens with one attached hydrogen (secondary N) is 1. The minimum atomic E-state index is -0.972. The van der Waals surface area contributed by atoms with Crippen molar-refractivity contribution in [3.05, 3.63) is 63.5 Å². The van der Waals surface area contributed by atoms with Gasteiger partial charge in [-0.15, -0.1) is 11.3 Å². The second-order valence-electron chi connectivity index (χ2n) is 5.76. The Morgan fingerprint density at radius 1 is 1.33 bits per heavy atom. The maximum absolute atomic E-state index is 13.9. The van der Waals surface area contributed by atoms with Crippen LogP contribution in [0.25, 0.3) is 11.3 Å². The number of carbonyl (C=O) groups is 2. The zero-order valence-electron chi connectivity index (χ0n) is 15.5. The number of amides is 1. The third-order valence-electron chi connectivity index (χ3n) is 3.80. The molecule has 0 aliphatic heterocycles. The van der Waals surface area contributed by atoms with Crippen molar-refractivity contribution in [2.75, 3.05) is 18.5 Å². The third kappa shape index (κ3) is 4.63. The molecule has 156 valence electrons. The van der Waals surface area contributed by atoms with Crippen molar-refractivity contribution in [3.8, 4) is 17.1 Å². The summed E-state index contributed by atoms with van der Waals surface area (Å²) in [6.07, 6.45) is 1.45. The van der Waals surface area contributed by atoms with E-state index in [0.717, 1.165) is 23.5 Å². The third-order valence-corrected chi connectivity index (χ3v) is 4.69. The molecule has 30 heavy (non-hydrogen) atoms. The van der Waals surface area contributed by atoms with E-state index >= 15 is 0 Å². The minimum absolute atomic E-state index is 0.131. The highest BCUT2D eigenvalue weighted by Gasteiger charge is 2.24. The van der Waals surface area contributed by atoms with Gasteiger partial charge < -0.3 is 19.2 Å². The number of ether oxygens (including phenoxy) is 2. The summed E-state index contributed by atoms with van der Waals surface area (Å²) in [7, 11) is 0. The Balaban J connectivity index is 1.74. The Kier molecular flexibility index (Phi) is 6.42. The van der Waals surface area contributed by atoms with Crippen LogP contribution in [-0.4, -0.2) is 30.0 Å². The Hall–Kier alpha value is -3.73. The number of hydrogen-bond donors (Lipinski definition) is 1.